The van der Waals surface area contributed by atoms with E-state index in [-0.39, 0.29) is 5.82 Å². The average Bonchev–Trinajstić information content (AvgIpc) is 3.29. The lowest BCUT2D eigenvalue weighted by atomic mass is 10.1. The molecule has 138 valence electrons. The van der Waals surface area contributed by atoms with E-state index in [1.54, 1.807) is 18.3 Å². The second-order valence-electron chi connectivity index (χ2n) is 6.47. The van der Waals surface area contributed by atoms with Crippen molar-refractivity contribution in [2.45, 2.75) is 13.1 Å². The van der Waals surface area contributed by atoms with Gasteiger partial charge in [0.05, 0.1) is 30.9 Å². The number of benzene rings is 1. The Bertz CT molecular complexity index is 1070. The van der Waals surface area contributed by atoms with Crippen LogP contribution in [0.25, 0.3) is 16.9 Å². The summed E-state index contributed by atoms with van der Waals surface area (Å²) in [6.45, 7) is 1.33. The predicted octanol–water partition coefficient (Wildman–Crippen LogP) is 3.50. The molecule has 1 aromatic carbocycles. The summed E-state index contributed by atoms with van der Waals surface area (Å²) in [5.74, 6) is 0.145. The third kappa shape index (κ3) is 3.41. The summed E-state index contributed by atoms with van der Waals surface area (Å²) in [5.41, 5.74) is 4.10. The van der Waals surface area contributed by atoms with Gasteiger partial charge in [0.1, 0.15) is 17.2 Å². The lowest BCUT2D eigenvalue weighted by molar-refractivity contribution is 0.314. The third-order valence-corrected chi connectivity index (χ3v) is 4.53. The summed E-state index contributed by atoms with van der Waals surface area (Å²) < 4.78 is 21.6. The highest BCUT2D eigenvalue weighted by atomic mass is 19.1. The molecule has 0 unspecified atom stereocenters. The number of aromatic amines is 1. The highest BCUT2D eigenvalue weighted by Crippen LogP contribution is 2.28. The summed E-state index contributed by atoms with van der Waals surface area (Å²) in [5, 5.41) is 7.03. The molecule has 4 rings (SSSR count). The molecule has 0 saturated carbocycles. The van der Waals surface area contributed by atoms with Gasteiger partial charge in [0.2, 0.25) is 0 Å². The molecule has 0 radical (unpaired) electrons. The van der Waals surface area contributed by atoms with Crippen molar-refractivity contribution in [2.24, 2.45) is 0 Å². The van der Waals surface area contributed by atoms with E-state index >= 15 is 0 Å². The summed E-state index contributed by atoms with van der Waals surface area (Å²) in [4.78, 5) is 6.56. The molecular formula is C20H20FN5O. The minimum Gasteiger partial charge on any atom is -0.497 e. The summed E-state index contributed by atoms with van der Waals surface area (Å²) in [7, 11) is 3.54. The van der Waals surface area contributed by atoms with Crippen LogP contribution in [-0.2, 0) is 13.1 Å². The number of H-pyrrole nitrogens is 1. The van der Waals surface area contributed by atoms with Gasteiger partial charge in [0.15, 0.2) is 0 Å². The maximum atomic E-state index is 14.4. The number of nitrogens with one attached hydrogen (secondary N) is 1. The van der Waals surface area contributed by atoms with Crippen LogP contribution in [0.2, 0.25) is 0 Å². The first-order valence-electron chi connectivity index (χ1n) is 8.61. The van der Waals surface area contributed by atoms with Crippen molar-refractivity contribution in [3.63, 3.8) is 0 Å². The number of hydrogen-bond donors (Lipinski definition) is 1. The van der Waals surface area contributed by atoms with E-state index in [4.69, 9.17) is 4.74 Å². The molecule has 0 aliphatic carbocycles. The summed E-state index contributed by atoms with van der Waals surface area (Å²) in [6.07, 6.45) is 5.62. The molecule has 3 aromatic heterocycles. The summed E-state index contributed by atoms with van der Waals surface area (Å²) in [6, 6.07) is 10.8. The first-order chi connectivity index (χ1) is 13.2. The van der Waals surface area contributed by atoms with Crippen LogP contribution in [0.4, 0.5) is 4.39 Å². The lowest BCUT2D eigenvalue weighted by Crippen LogP contribution is -2.18. The Balaban J connectivity index is 1.54. The Morgan fingerprint density at radius 1 is 1.19 bits per heavy atom. The molecular weight excluding hydrogens is 345 g/mol. The molecule has 0 fully saturated rings. The minimum atomic E-state index is -0.343. The van der Waals surface area contributed by atoms with E-state index < -0.39 is 0 Å². The normalized spacial score (nSPS) is 11.4. The fourth-order valence-electron chi connectivity index (χ4n) is 3.21. The third-order valence-electron chi connectivity index (χ3n) is 4.53. The maximum Gasteiger partial charge on any atom is 0.136 e. The molecule has 0 aliphatic heterocycles. The predicted molar refractivity (Wildman–Crippen MR) is 101 cm³/mol. The molecule has 1 N–H and O–H groups in total. The van der Waals surface area contributed by atoms with Gasteiger partial charge in [-0.25, -0.2) is 9.37 Å². The van der Waals surface area contributed by atoms with Gasteiger partial charge in [-0.15, -0.1) is 0 Å². The van der Waals surface area contributed by atoms with Gasteiger partial charge in [-0.3, -0.25) is 10.00 Å². The van der Waals surface area contributed by atoms with Gasteiger partial charge < -0.3 is 9.14 Å². The Morgan fingerprint density at radius 3 is 2.89 bits per heavy atom. The van der Waals surface area contributed by atoms with Gasteiger partial charge >= 0.3 is 0 Å². The van der Waals surface area contributed by atoms with Crippen LogP contribution in [-0.4, -0.2) is 38.6 Å². The quantitative estimate of drug-likeness (QED) is 0.568. The van der Waals surface area contributed by atoms with Gasteiger partial charge in [-0.2, -0.15) is 5.10 Å². The number of methoxy groups -OCH3 is 1. The zero-order valence-corrected chi connectivity index (χ0v) is 15.2. The second-order valence-corrected chi connectivity index (χ2v) is 6.47. The second kappa shape index (κ2) is 7.20. The van der Waals surface area contributed by atoms with Crippen molar-refractivity contribution < 1.29 is 9.13 Å². The van der Waals surface area contributed by atoms with Crippen LogP contribution in [0, 0.1) is 5.82 Å². The monoisotopic (exact) mass is 365 g/mol. The van der Waals surface area contributed by atoms with Crippen molar-refractivity contribution in [1.82, 2.24) is 24.5 Å². The van der Waals surface area contributed by atoms with Crippen molar-refractivity contribution in [1.29, 1.82) is 0 Å². The van der Waals surface area contributed by atoms with E-state index in [9.17, 15) is 4.39 Å². The zero-order chi connectivity index (χ0) is 18.8. The molecule has 0 atom stereocenters. The molecule has 0 saturated heterocycles. The van der Waals surface area contributed by atoms with Crippen LogP contribution in [0.15, 0.2) is 55.0 Å². The van der Waals surface area contributed by atoms with Crippen molar-refractivity contribution in [3.8, 4) is 17.0 Å². The van der Waals surface area contributed by atoms with Crippen LogP contribution in [0.3, 0.4) is 0 Å². The molecule has 0 aliphatic rings. The van der Waals surface area contributed by atoms with E-state index in [2.05, 4.69) is 24.5 Å². The molecule has 0 spiro atoms. The zero-order valence-electron chi connectivity index (χ0n) is 15.2. The molecule has 3 heterocycles. The Hall–Kier alpha value is -3.19. The van der Waals surface area contributed by atoms with E-state index in [1.807, 2.05) is 37.6 Å². The Morgan fingerprint density at radius 2 is 2.07 bits per heavy atom. The average molecular weight is 365 g/mol. The van der Waals surface area contributed by atoms with Crippen molar-refractivity contribution in [3.05, 3.63) is 72.1 Å². The summed E-state index contributed by atoms with van der Waals surface area (Å²) >= 11 is 0. The smallest absolute Gasteiger partial charge is 0.136 e. The van der Waals surface area contributed by atoms with Gasteiger partial charge in [-0.05, 0) is 31.3 Å². The number of imidazole rings is 1. The molecule has 0 amide bonds. The standard InChI is InChI=1S/C20H20FN5O/c1-25(13-15-11-22-19-5-3-4-8-26(15)19)12-14-10-23-24-20(14)17-7-6-16(27-2)9-18(17)21/h3-11H,12-13H2,1-2H3,(H,23,24). The fraction of sp³-hybridized carbons (Fsp3) is 0.200. The van der Waals surface area contributed by atoms with Crippen molar-refractivity contribution in [2.75, 3.05) is 14.2 Å². The number of ether oxygens (including phenoxy) is 1. The first kappa shape index (κ1) is 17.2. The van der Waals surface area contributed by atoms with E-state index in [0.717, 1.165) is 16.9 Å². The molecule has 0 bridgehead atoms. The number of hydrogen-bond acceptors (Lipinski definition) is 4. The SMILES string of the molecule is COc1ccc(-c2[nH]ncc2CN(C)Cc2cnc3ccccn23)c(F)c1. The van der Waals surface area contributed by atoms with Crippen LogP contribution < -0.4 is 4.74 Å². The minimum absolute atomic E-state index is 0.343. The van der Waals surface area contributed by atoms with Gasteiger partial charge in [-0.1, -0.05) is 6.07 Å². The van der Waals surface area contributed by atoms with Crippen LogP contribution >= 0.6 is 0 Å². The van der Waals surface area contributed by atoms with Gasteiger partial charge in [0.25, 0.3) is 0 Å². The number of nitrogens with zero attached hydrogens (tertiary/aromatic N) is 4. The Labute approximate surface area is 156 Å². The van der Waals surface area contributed by atoms with E-state index in [0.29, 0.717) is 30.1 Å². The van der Waals surface area contributed by atoms with Crippen LogP contribution in [0.1, 0.15) is 11.3 Å². The molecule has 7 heteroatoms. The highest BCUT2D eigenvalue weighted by Gasteiger charge is 2.15. The molecule has 6 nitrogen and oxygen atoms in total. The molecule has 27 heavy (non-hydrogen) atoms. The largest absolute Gasteiger partial charge is 0.497 e. The maximum absolute atomic E-state index is 14.4. The topological polar surface area (TPSA) is 58.5 Å². The van der Waals surface area contributed by atoms with Crippen LogP contribution in [0.5, 0.6) is 5.75 Å². The fourth-order valence-corrected chi connectivity index (χ4v) is 3.21. The number of rotatable bonds is 6. The number of halogens is 1. The Kier molecular flexibility index (Phi) is 4.60. The first-order valence-corrected chi connectivity index (χ1v) is 8.61. The van der Waals surface area contributed by atoms with E-state index in [1.165, 1.54) is 13.2 Å². The molecule has 4 aromatic rings. The number of aromatic nitrogens is 4. The number of pyridine rings is 1. The lowest BCUT2D eigenvalue weighted by Gasteiger charge is -2.16. The highest BCUT2D eigenvalue weighted by molar-refractivity contribution is 5.64. The van der Waals surface area contributed by atoms with Crippen molar-refractivity contribution >= 4 is 5.65 Å². The number of fused-ring (bicyclic) bond motifs is 1. The van der Waals surface area contributed by atoms with Gasteiger partial charge in [0, 0.05) is 36.5 Å².